The highest BCUT2D eigenvalue weighted by Crippen LogP contribution is 2.23. The molecule has 5 heterocycles. The lowest BCUT2D eigenvalue weighted by molar-refractivity contribution is -0.138. The Morgan fingerprint density at radius 2 is 1.59 bits per heavy atom. The van der Waals surface area contributed by atoms with Gasteiger partial charge in [-0.1, -0.05) is 6.07 Å². The van der Waals surface area contributed by atoms with Crippen molar-refractivity contribution in [3.63, 3.8) is 0 Å². The zero-order valence-corrected chi connectivity index (χ0v) is 18.7. The summed E-state index contributed by atoms with van der Waals surface area (Å²) in [5.74, 6) is 0.0548. The van der Waals surface area contributed by atoms with Crippen LogP contribution in [-0.4, -0.2) is 86.9 Å². The number of nitrogens with zero attached hydrogens (tertiary/aromatic N) is 5. The van der Waals surface area contributed by atoms with Gasteiger partial charge in [-0.2, -0.15) is 5.10 Å². The number of H-pyrrole nitrogens is 1. The Hall–Kier alpha value is -3.95. The first-order valence-electron chi connectivity index (χ1n) is 11.5. The minimum Gasteiger partial charge on any atom is -0.459 e. The van der Waals surface area contributed by atoms with Gasteiger partial charge in [-0.3, -0.25) is 24.5 Å². The average molecular weight is 463 g/mol. The lowest BCUT2D eigenvalue weighted by atomic mass is 9.94. The number of hydrogen-bond donors (Lipinski definition) is 1. The van der Waals surface area contributed by atoms with Crippen molar-refractivity contribution in [1.29, 1.82) is 0 Å². The van der Waals surface area contributed by atoms with E-state index >= 15 is 0 Å². The Kier molecular flexibility index (Phi) is 6.11. The molecule has 2 aliphatic rings. The van der Waals surface area contributed by atoms with Crippen LogP contribution in [0.4, 0.5) is 0 Å². The van der Waals surface area contributed by atoms with Crippen molar-refractivity contribution in [2.24, 2.45) is 5.92 Å². The quantitative estimate of drug-likeness (QED) is 0.633. The van der Waals surface area contributed by atoms with E-state index in [4.69, 9.17) is 4.42 Å². The van der Waals surface area contributed by atoms with Gasteiger partial charge < -0.3 is 19.1 Å². The van der Waals surface area contributed by atoms with Crippen LogP contribution in [0.3, 0.4) is 0 Å². The minimum absolute atomic E-state index is 0.108. The number of piperidine rings is 1. The number of aromatic nitrogens is 3. The molecule has 3 aromatic heterocycles. The summed E-state index contributed by atoms with van der Waals surface area (Å²) >= 11 is 0. The first-order chi connectivity index (χ1) is 16.6. The highest BCUT2D eigenvalue weighted by Gasteiger charge is 2.33. The SMILES string of the molecule is O=C(c1cc(-c2ccccn2)n[nH]1)N1CCC(C(=O)N2CCN(C(=O)c3ccco3)CC2)CC1. The standard InChI is InChI=1S/C24H26N6O4/c31-22(29-11-13-30(14-12-29)24(33)21-5-3-15-34-21)17-6-9-28(10-7-17)23(32)20-16-19(26-27-20)18-4-1-2-8-25-18/h1-5,8,15-17H,6-7,9-14H2,(H,26,27). The second kappa shape index (κ2) is 9.50. The fourth-order valence-corrected chi connectivity index (χ4v) is 4.52. The lowest BCUT2D eigenvalue weighted by Crippen LogP contribution is -2.53. The second-order valence-electron chi connectivity index (χ2n) is 8.54. The van der Waals surface area contributed by atoms with Crippen molar-refractivity contribution in [3.05, 3.63) is 60.3 Å². The van der Waals surface area contributed by atoms with Crippen molar-refractivity contribution in [2.45, 2.75) is 12.8 Å². The number of furan rings is 1. The first kappa shape index (κ1) is 21.9. The van der Waals surface area contributed by atoms with Crippen LogP contribution in [0.15, 0.2) is 53.3 Å². The van der Waals surface area contributed by atoms with E-state index < -0.39 is 0 Å². The summed E-state index contributed by atoms with van der Waals surface area (Å²) in [6, 6.07) is 10.6. The highest BCUT2D eigenvalue weighted by molar-refractivity contribution is 5.93. The van der Waals surface area contributed by atoms with Crippen LogP contribution in [0.1, 0.15) is 33.9 Å². The van der Waals surface area contributed by atoms with Gasteiger partial charge in [-0.05, 0) is 43.2 Å². The molecule has 0 aromatic carbocycles. The van der Waals surface area contributed by atoms with Crippen LogP contribution in [-0.2, 0) is 4.79 Å². The Morgan fingerprint density at radius 3 is 2.26 bits per heavy atom. The Balaban J connectivity index is 1.11. The fourth-order valence-electron chi connectivity index (χ4n) is 4.52. The molecule has 34 heavy (non-hydrogen) atoms. The van der Waals surface area contributed by atoms with Crippen LogP contribution in [0.5, 0.6) is 0 Å². The molecule has 0 saturated carbocycles. The Bertz CT molecular complexity index is 1140. The third-order valence-corrected chi connectivity index (χ3v) is 6.48. The van der Waals surface area contributed by atoms with Crippen LogP contribution < -0.4 is 0 Å². The van der Waals surface area contributed by atoms with E-state index in [2.05, 4.69) is 15.2 Å². The molecule has 0 spiro atoms. The van der Waals surface area contributed by atoms with Gasteiger partial charge in [0.05, 0.1) is 12.0 Å². The number of aromatic amines is 1. The lowest BCUT2D eigenvalue weighted by Gasteiger charge is -2.38. The van der Waals surface area contributed by atoms with Crippen molar-refractivity contribution >= 4 is 17.7 Å². The van der Waals surface area contributed by atoms with E-state index in [1.807, 2.05) is 23.1 Å². The van der Waals surface area contributed by atoms with E-state index in [0.29, 0.717) is 75.0 Å². The molecule has 10 heteroatoms. The number of rotatable bonds is 4. The van der Waals surface area contributed by atoms with E-state index in [0.717, 1.165) is 0 Å². The Labute approximate surface area is 196 Å². The number of piperazine rings is 1. The molecule has 2 fully saturated rings. The van der Waals surface area contributed by atoms with Crippen molar-refractivity contribution in [2.75, 3.05) is 39.3 Å². The number of pyridine rings is 1. The molecule has 0 aliphatic carbocycles. The van der Waals surface area contributed by atoms with Crippen LogP contribution in [0.25, 0.3) is 11.4 Å². The summed E-state index contributed by atoms with van der Waals surface area (Å²) < 4.78 is 5.19. The summed E-state index contributed by atoms with van der Waals surface area (Å²) in [6.45, 7) is 3.03. The highest BCUT2D eigenvalue weighted by atomic mass is 16.3. The predicted octanol–water partition coefficient (Wildman–Crippen LogP) is 1.90. The van der Waals surface area contributed by atoms with E-state index in [1.165, 1.54) is 6.26 Å². The zero-order chi connectivity index (χ0) is 23.5. The van der Waals surface area contributed by atoms with Gasteiger partial charge in [0.25, 0.3) is 11.8 Å². The molecule has 2 aliphatic heterocycles. The molecular weight excluding hydrogens is 436 g/mol. The van der Waals surface area contributed by atoms with Gasteiger partial charge in [-0.25, -0.2) is 0 Å². The topological polar surface area (TPSA) is 116 Å². The first-order valence-corrected chi connectivity index (χ1v) is 11.5. The van der Waals surface area contributed by atoms with Gasteiger partial charge in [0, 0.05) is 51.4 Å². The largest absolute Gasteiger partial charge is 0.459 e. The molecule has 176 valence electrons. The van der Waals surface area contributed by atoms with Crippen LogP contribution in [0, 0.1) is 5.92 Å². The maximum absolute atomic E-state index is 13.0. The molecular formula is C24H26N6O4. The summed E-state index contributed by atoms with van der Waals surface area (Å²) in [7, 11) is 0. The van der Waals surface area contributed by atoms with Crippen molar-refractivity contribution in [3.8, 4) is 11.4 Å². The molecule has 10 nitrogen and oxygen atoms in total. The smallest absolute Gasteiger partial charge is 0.289 e. The molecule has 3 aromatic rings. The molecule has 2 saturated heterocycles. The van der Waals surface area contributed by atoms with E-state index in [1.54, 1.807) is 34.2 Å². The third-order valence-electron chi connectivity index (χ3n) is 6.48. The van der Waals surface area contributed by atoms with Crippen LogP contribution in [0.2, 0.25) is 0 Å². The minimum atomic E-state index is -0.145. The fraction of sp³-hybridized carbons (Fsp3) is 0.375. The van der Waals surface area contributed by atoms with Crippen LogP contribution >= 0.6 is 0 Å². The number of amides is 3. The number of carbonyl (C=O) groups excluding carboxylic acids is 3. The number of nitrogens with one attached hydrogen (secondary N) is 1. The molecule has 3 amide bonds. The number of likely N-dealkylation sites (tertiary alicyclic amines) is 1. The number of carbonyl (C=O) groups is 3. The summed E-state index contributed by atoms with van der Waals surface area (Å²) in [5.41, 5.74) is 1.74. The monoisotopic (exact) mass is 462 g/mol. The Morgan fingerprint density at radius 1 is 0.853 bits per heavy atom. The van der Waals surface area contributed by atoms with Crippen molar-refractivity contribution in [1.82, 2.24) is 29.9 Å². The van der Waals surface area contributed by atoms with E-state index in [-0.39, 0.29) is 23.6 Å². The van der Waals surface area contributed by atoms with Gasteiger partial charge >= 0.3 is 0 Å². The normalized spacial score (nSPS) is 17.1. The number of hydrogen-bond acceptors (Lipinski definition) is 6. The van der Waals surface area contributed by atoms with Gasteiger partial charge in [0.1, 0.15) is 11.4 Å². The molecule has 0 atom stereocenters. The van der Waals surface area contributed by atoms with Gasteiger partial charge in [0.2, 0.25) is 5.91 Å². The second-order valence-corrected chi connectivity index (χ2v) is 8.54. The summed E-state index contributed by atoms with van der Waals surface area (Å²) in [4.78, 5) is 47.9. The maximum Gasteiger partial charge on any atom is 0.289 e. The average Bonchev–Trinajstić information content (AvgIpc) is 3.61. The summed E-state index contributed by atoms with van der Waals surface area (Å²) in [6.07, 6.45) is 4.41. The molecule has 5 rings (SSSR count). The maximum atomic E-state index is 13.0. The predicted molar refractivity (Wildman–Crippen MR) is 122 cm³/mol. The van der Waals surface area contributed by atoms with Crippen molar-refractivity contribution < 1.29 is 18.8 Å². The summed E-state index contributed by atoms with van der Waals surface area (Å²) in [5, 5.41) is 7.03. The molecule has 0 bridgehead atoms. The van der Waals surface area contributed by atoms with Gasteiger partial charge in [-0.15, -0.1) is 0 Å². The van der Waals surface area contributed by atoms with Gasteiger partial charge in [0.15, 0.2) is 5.76 Å². The third kappa shape index (κ3) is 4.43. The zero-order valence-electron chi connectivity index (χ0n) is 18.7. The molecule has 1 N–H and O–H groups in total. The molecule has 0 radical (unpaired) electrons. The molecule has 0 unspecified atom stereocenters. The van der Waals surface area contributed by atoms with E-state index in [9.17, 15) is 14.4 Å².